The smallest absolute Gasteiger partial charge is 0.242 e. The van der Waals surface area contributed by atoms with Gasteiger partial charge in [-0.05, 0) is 19.3 Å². The molecular formula is C9H17ClN2O2. The monoisotopic (exact) mass is 220 g/mol. The van der Waals surface area contributed by atoms with Crippen LogP contribution in [0.2, 0.25) is 0 Å². The van der Waals surface area contributed by atoms with E-state index < -0.39 is 5.54 Å². The lowest BCUT2D eigenvalue weighted by Gasteiger charge is -2.19. The summed E-state index contributed by atoms with van der Waals surface area (Å²) in [6.45, 7) is 1.52. The summed E-state index contributed by atoms with van der Waals surface area (Å²) in [5, 5.41) is 0. The minimum atomic E-state index is -0.511. The molecule has 14 heavy (non-hydrogen) atoms. The van der Waals surface area contributed by atoms with Gasteiger partial charge in [-0.3, -0.25) is 4.79 Å². The highest BCUT2D eigenvalue weighted by molar-refractivity contribution is 5.89. The molecule has 1 saturated heterocycles. The van der Waals surface area contributed by atoms with Crippen LogP contribution in [0.5, 0.6) is 0 Å². The Kier molecular flexibility index (Phi) is 3.40. The second-order valence-corrected chi connectivity index (χ2v) is 4.05. The van der Waals surface area contributed by atoms with Crippen LogP contribution in [0.15, 0.2) is 0 Å². The van der Waals surface area contributed by atoms with E-state index in [1.165, 1.54) is 0 Å². The number of rotatable bonds is 2. The number of likely N-dealkylation sites (tertiary alicyclic amines) is 1. The summed E-state index contributed by atoms with van der Waals surface area (Å²) < 4.78 is 5.19. The fourth-order valence-corrected chi connectivity index (χ4v) is 1.77. The normalized spacial score (nSPS) is 28.4. The maximum atomic E-state index is 11.7. The molecule has 2 rings (SSSR count). The topological polar surface area (TPSA) is 55.6 Å². The standard InChI is InChI=1S/C9H16N2O2.ClH/c1-13-7-2-5-11(6-7)8(12)9(10)3-4-9;/h7H,2-6,10H2,1H3;1H/t7-;/m1./s1. The summed E-state index contributed by atoms with van der Waals surface area (Å²) in [6, 6.07) is 0. The molecule has 2 fully saturated rings. The zero-order chi connectivity index (χ0) is 9.47. The van der Waals surface area contributed by atoms with E-state index in [-0.39, 0.29) is 24.4 Å². The van der Waals surface area contributed by atoms with Gasteiger partial charge in [-0.25, -0.2) is 0 Å². The largest absolute Gasteiger partial charge is 0.380 e. The number of halogens is 1. The van der Waals surface area contributed by atoms with Gasteiger partial charge in [0.15, 0.2) is 0 Å². The van der Waals surface area contributed by atoms with Crippen molar-refractivity contribution in [2.24, 2.45) is 5.73 Å². The predicted molar refractivity (Wildman–Crippen MR) is 55.4 cm³/mol. The molecule has 1 heterocycles. The third-order valence-electron chi connectivity index (χ3n) is 2.98. The minimum absolute atomic E-state index is 0. The predicted octanol–water partition coefficient (Wildman–Crippen LogP) is 0.147. The number of nitrogens with zero attached hydrogens (tertiary/aromatic N) is 1. The first-order valence-corrected chi connectivity index (χ1v) is 4.77. The summed E-state index contributed by atoms with van der Waals surface area (Å²) in [5.41, 5.74) is 5.31. The van der Waals surface area contributed by atoms with E-state index in [1.54, 1.807) is 7.11 Å². The van der Waals surface area contributed by atoms with Crippen molar-refractivity contribution in [3.8, 4) is 0 Å². The van der Waals surface area contributed by atoms with E-state index in [1.807, 2.05) is 4.90 Å². The highest BCUT2D eigenvalue weighted by Crippen LogP contribution is 2.35. The molecule has 0 unspecified atom stereocenters. The Morgan fingerprint density at radius 3 is 2.64 bits per heavy atom. The maximum Gasteiger partial charge on any atom is 0.242 e. The van der Waals surface area contributed by atoms with Crippen LogP contribution >= 0.6 is 12.4 Å². The van der Waals surface area contributed by atoms with Crippen molar-refractivity contribution in [2.45, 2.75) is 30.9 Å². The first-order chi connectivity index (χ1) is 6.15. The SMILES string of the molecule is CO[C@@H]1CCN(C(=O)C2(N)CC2)C1.Cl. The van der Waals surface area contributed by atoms with Crippen molar-refractivity contribution in [1.82, 2.24) is 4.90 Å². The Morgan fingerprint density at radius 2 is 2.21 bits per heavy atom. The van der Waals surface area contributed by atoms with Crippen LogP contribution in [0.25, 0.3) is 0 Å². The Morgan fingerprint density at radius 1 is 1.57 bits per heavy atom. The van der Waals surface area contributed by atoms with Crippen molar-refractivity contribution in [3.63, 3.8) is 0 Å². The summed E-state index contributed by atoms with van der Waals surface area (Å²) in [6.07, 6.45) is 2.85. The Hall–Kier alpha value is -0.320. The maximum absolute atomic E-state index is 11.7. The Labute approximate surface area is 90.2 Å². The molecule has 1 aliphatic heterocycles. The number of nitrogens with two attached hydrogens (primary N) is 1. The van der Waals surface area contributed by atoms with E-state index in [4.69, 9.17) is 10.5 Å². The molecule has 0 spiro atoms. The quantitative estimate of drug-likeness (QED) is 0.721. The fraction of sp³-hybridized carbons (Fsp3) is 0.889. The van der Waals surface area contributed by atoms with Crippen LogP contribution in [0, 0.1) is 0 Å². The lowest BCUT2D eigenvalue weighted by atomic mass is 10.2. The van der Waals surface area contributed by atoms with E-state index in [2.05, 4.69) is 0 Å². The molecule has 0 aromatic rings. The molecule has 0 bridgehead atoms. The van der Waals surface area contributed by atoms with Gasteiger partial charge >= 0.3 is 0 Å². The number of methoxy groups -OCH3 is 1. The summed E-state index contributed by atoms with van der Waals surface area (Å²) in [7, 11) is 1.69. The summed E-state index contributed by atoms with van der Waals surface area (Å²) in [4.78, 5) is 13.6. The number of carbonyl (C=O) groups is 1. The molecule has 82 valence electrons. The van der Waals surface area contributed by atoms with Crippen molar-refractivity contribution >= 4 is 18.3 Å². The summed E-state index contributed by atoms with van der Waals surface area (Å²) in [5.74, 6) is 0.118. The van der Waals surface area contributed by atoms with Gasteiger partial charge in [-0.15, -0.1) is 12.4 Å². The molecule has 1 aliphatic carbocycles. The minimum Gasteiger partial charge on any atom is -0.380 e. The molecule has 0 aromatic carbocycles. The number of hydrogen-bond donors (Lipinski definition) is 1. The van der Waals surface area contributed by atoms with Crippen LogP contribution < -0.4 is 5.73 Å². The van der Waals surface area contributed by atoms with Gasteiger partial charge in [0.1, 0.15) is 0 Å². The molecule has 1 atom stereocenters. The third-order valence-corrected chi connectivity index (χ3v) is 2.98. The lowest BCUT2D eigenvalue weighted by molar-refractivity contribution is -0.132. The number of hydrogen-bond acceptors (Lipinski definition) is 3. The molecule has 1 amide bonds. The molecule has 1 saturated carbocycles. The van der Waals surface area contributed by atoms with Crippen molar-refractivity contribution < 1.29 is 9.53 Å². The number of ether oxygens (including phenoxy) is 1. The van der Waals surface area contributed by atoms with Gasteiger partial charge in [-0.2, -0.15) is 0 Å². The molecule has 2 N–H and O–H groups in total. The second-order valence-electron chi connectivity index (χ2n) is 4.05. The summed E-state index contributed by atoms with van der Waals surface area (Å²) >= 11 is 0. The van der Waals surface area contributed by atoms with Crippen LogP contribution in [0.3, 0.4) is 0 Å². The van der Waals surface area contributed by atoms with E-state index in [0.29, 0.717) is 6.54 Å². The molecule has 4 nitrogen and oxygen atoms in total. The van der Waals surface area contributed by atoms with Crippen LogP contribution in [-0.4, -0.2) is 42.6 Å². The number of amides is 1. The zero-order valence-corrected chi connectivity index (χ0v) is 9.18. The van der Waals surface area contributed by atoms with Crippen molar-refractivity contribution in [3.05, 3.63) is 0 Å². The molecule has 5 heteroatoms. The van der Waals surface area contributed by atoms with Gasteiger partial charge < -0.3 is 15.4 Å². The van der Waals surface area contributed by atoms with Crippen molar-refractivity contribution in [1.29, 1.82) is 0 Å². The zero-order valence-electron chi connectivity index (χ0n) is 8.36. The second kappa shape index (κ2) is 4.04. The average Bonchev–Trinajstić information content (AvgIpc) is 2.71. The Balaban J connectivity index is 0.000000980. The van der Waals surface area contributed by atoms with Gasteiger partial charge in [0.2, 0.25) is 5.91 Å². The highest BCUT2D eigenvalue weighted by Gasteiger charge is 2.49. The van der Waals surface area contributed by atoms with Gasteiger partial charge in [0.05, 0.1) is 11.6 Å². The molecule has 0 radical (unpaired) electrons. The first kappa shape index (κ1) is 11.8. The molecule has 2 aliphatic rings. The van der Waals surface area contributed by atoms with E-state index >= 15 is 0 Å². The highest BCUT2D eigenvalue weighted by atomic mass is 35.5. The first-order valence-electron chi connectivity index (χ1n) is 4.77. The van der Waals surface area contributed by atoms with Gasteiger partial charge in [0.25, 0.3) is 0 Å². The van der Waals surface area contributed by atoms with E-state index in [9.17, 15) is 4.79 Å². The van der Waals surface area contributed by atoms with E-state index in [0.717, 1.165) is 25.8 Å². The fourth-order valence-electron chi connectivity index (χ4n) is 1.77. The average molecular weight is 221 g/mol. The van der Waals surface area contributed by atoms with Crippen LogP contribution in [0.4, 0.5) is 0 Å². The van der Waals surface area contributed by atoms with Crippen molar-refractivity contribution in [2.75, 3.05) is 20.2 Å². The molecule has 0 aromatic heterocycles. The molecular weight excluding hydrogens is 204 g/mol. The van der Waals surface area contributed by atoms with Gasteiger partial charge in [0, 0.05) is 20.2 Å². The number of carbonyl (C=O) groups excluding carboxylic acids is 1. The lowest BCUT2D eigenvalue weighted by Crippen LogP contribution is -2.44. The third kappa shape index (κ3) is 2.02. The van der Waals surface area contributed by atoms with Crippen LogP contribution in [-0.2, 0) is 9.53 Å². The van der Waals surface area contributed by atoms with Gasteiger partial charge in [-0.1, -0.05) is 0 Å². The van der Waals surface area contributed by atoms with Crippen LogP contribution in [0.1, 0.15) is 19.3 Å². The Bertz CT molecular complexity index is 231.